The monoisotopic (exact) mass is 440 g/mol. The van der Waals surface area contributed by atoms with Gasteiger partial charge in [-0.3, -0.25) is 10.1 Å². The van der Waals surface area contributed by atoms with Gasteiger partial charge in [0.05, 0.1) is 10.5 Å². The molecule has 2 aliphatic rings. The molecular formula is C22H28N6O4. The van der Waals surface area contributed by atoms with Crippen LogP contribution in [0, 0.1) is 27.9 Å². The lowest BCUT2D eigenvalue weighted by atomic mass is 9.75. The molecule has 0 saturated heterocycles. The summed E-state index contributed by atoms with van der Waals surface area (Å²) in [4.78, 5) is 24.2. The Balaban J connectivity index is 1.68. The van der Waals surface area contributed by atoms with E-state index in [1.807, 2.05) is 0 Å². The topological polar surface area (TPSA) is 125 Å². The number of carbonyl (C=O) groups excluding carboxylic acids is 1. The van der Waals surface area contributed by atoms with Crippen molar-refractivity contribution in [1.29, 1.82) is 0 Å². The van der Waals surface area contributed by atoms with E-state index in [-0.39, 0.29) is 11.8 Å². The number of nitro benzene ring substituents is 1. The molecule has 1 aliphatic carbocycles. The van der Waals surface area contributed by atoms with Crippen LogP contribution in [0.1, 0.15) is 58.6 Å². The third kappa shape index (κ3) is 4.09. The van der Waals surface area contributed by atoms with E-state index >= 15 is 0 Å². The highest BCUT2D eigenvalue weighted by Gasteiger charge is 2.39. The molecule has 170 valence electrons. The van der Waals surface area contributed by atoms with Crippen LogP contribution < -0.4 is 5.32 Å². The van der Waals surface area contributed by atoms with E-state index in [1.165, 1.54) is 16.8 Å². The van der Waals surface area contributed by atoms with Gasteiger partial charge in [-0.05, 0) is 65.6 Å². The van der Waals surface area contributed by atoms with Crippen molar-refractivity contribution in [3.8, 4) is 0 Å². The summed E-state index contributed by atoms with van der Waals surface area (Å²) in [5.74, 6) is 1.21. The number of tetrazole rings is 1. The minimum absolute atomic E-state index is 0.0274. The van der Waals surface area contributed by atoms with Gasteiger partial charge in [0, 0.05) is 17.8 Å². The number of hydrogen-bond acceptors (Lipinski definition) is 8. The van der Waals surface area contributed by atoms with Gasteiger partial charge in [0.2, 0.25) is 5.95 Å². The molecule has 2 heterocycles. The zero-order valence-corrected chi connectivity index (χ0v) is 18.7. The highest BCUT2D eigenvalue weighted by atomic mass is 16.6. The van der Waals surface area contributed by atoms with Gasteiger partial charge in [-0.1, -0.05) is 32.3 Å². The zero-order valence-electron chi connectivity index (χ0n) is 18.7. The van der Waals surface area contributed by atoms with E-state index in [0.717, 1.165) is 19.3 Å². The molecule has 0 unspecified atom stereocenters. The Morgan fingerprint density at radius 1 is 1.28 bits per heavy atom. The van der Waals surface area contributed by atoms with Gasteiger partial charge in [-0.2, -0.15) is 4.68 Å². The van der Waals surface area contributed by atoms with Crippen LogP contribution in [0.15, 0.2) is 35.5 Å². The number of non-ortho nitro benzene ring substituents is 1. The Kier molecular flexibility index (Phi) is 5.94. The quantitative estimate of drug-likeness (QED) is 0.422. The average Bonchev–Trinajstić information content (AvgIpc) is 3.20. The molecule has 1 saturated carbocycles. The summed E-state index contributed by atoms with van der Waals surface area (Å²) in [6.45, 7) is 8.32. The number of nitro groups is 1. The molecule has 10 heteroatoms. The third-order valence-corrected chi connectivity index (χ3v) is 6.57. The van der Waals surface area contributed by atoms with E-state index < -0.39 is 16.9 Å². The van der Waals surface area contributed by atoms with Crippen LogP contribution in [0.25, 0.3) is 0 Å². The Morgan fingerprint density at radius 3 is 2.66 bits per heavy atom. The van der Waals surface area contributed by atoms with E-state index in [9.17, 15) is 14.9 Å². The summed E-state index contributed by atoms with van der Waals surface area (Å²) in [6, 6.07) is 5.43. The number of fused-ring (bicyclic) bond motifs is 1. The molecule has 1 fully saturated rings. The molecule has 2 aromatic rings. The van der Waals surface area contributed by atoms with Gasteiger partial charge in [0.25, 0.3) is 5.69 Å². The molecule has 1 aromatic carbocycles. The van der Waals surface area contributed by atoms with Crippen LogP contribution in [0.3, 0.4) is 0 Å². The number of aromatic nitrogens is 4. The molecule has 0 radical (unpaired) electrons. The third-order valence-electron chi connectivity index (χ3n) is 6.57. The molecular weight excluding hydrogens is 412 g/mol. The minimum atomic E-state index is -0.645. The second-order valence-electron chi connectivity index (χ2n) is 9.13. The highest BCUT2D eigenvalue weighted by Crippen LogP contribution is 2.39. The maximum atomic E-state index is 13.5. The van der Waals surface area contributed by atoms with E-state index in [1.54, 1.807) is 19.1 Å². The first-order valence-corrected chi connectivity index (χ1v) is 11.0. The lowest BCUT2D eigenvalue weighted by Crippen LogP contribution is -2.38. The number of benzene rings is 1. The first-order valence-electron chi connectivity index (χ1n) is 11.0. The largest absolute Gasteiger partial charge is 0.459 e. The van der Waals surface area contributed by atoms with E-state index in [4.69, 9.17) is 4.74 Å². The lowest BCUT2D eigenvalue weighted by Gasteiger charge is -2.37. The van der Waals surface area contributed by atoms with Crippen molar-refractivity contribution >= 4 is 17.6 Å². The van der Waals surface area contributed by atoms with Crippen molar-refractivity contribution in [3.05, 3.63) is 51.2 Å². The summed E-state index contributed by atoms with van der Waals surface area (Å²) in [5, 5.41) is 25.9. The fraction of sp³-hybridized carbons (Fsp3) is 0.545. The van der Waals surface area contributed by atoms with Crippen LogP contribution in [-0.2, 0) is 9.53 Å². The fourth-order valence-corrected chi connectivity index (χ4v) is 4.81. The smallest absolute Gasteiger partial charge is 0.338 e. The van der Waals surface area contributed by atoms with Gasteiger partial charge < -0.3 is 10.1 Å². The number of nitrogens with zero attached hydrogens (tertiary/aromatic N) is 5. The van der Waals surface area contributed by atoms with Gasteiger partial charge in [0.15, 0.2) is 0 Å². The summed E-state index contributed by atoms with van der Waals surface area (Å²) < 4.78 is 7.63. The summed E-state index contributed by atoms with van der Waals surface area (Å²) in [7, 11) is 0. The van der Waals surface area contributed by atoms with E-state index in [2.05, 4.69) is 41.6 Å². The van der Waals surface area contributed by atoms with Crippen molar-refractivity contribution < 1.29 is 14.5 Å². The Bertz CT molecular complexity index is 1040. The fourth-order valence-electron chi connectivity index (χ4n) is 4.81. The molecule has 1 aromatic heterocycles. The van der Waals surface area contributed by atoms with Crippen LogP contribution in [0.4, 0.5) is 11.6 Å². The summed E-state index contributed by atoms with van der Waals surface area (Å²) in [6.07, 6.45) is 2.86. The predicted molar refractivity (Wildman–Crippen MR) is 117 cm³/mol. The molecule has 4 atom stereocenters. The zero-order chi connectivity index (χ0) is 23.0. The number of esters is 1. The molecule has 0 bridgehead atoms. The Labute approximate surface area is 186 Å². The number of anilines is 1. The lowest BCUT2D eigenvalue weighted by molar-refractivity contribution is -0.384. The molecule has 32 heavy (non-hydrogen) atoms. The Morgan fingerprint density at radius 2 is 2.00 bits per heavy atom. The van der Waals surface area contributed by atoms with Gasteiger partial charge >= 0.3 is 5.97 Å². The number of ether oxygens (including phenoxy) is 1. The SMILES string of the molecule is CC1=C(C(=O)O[C@@H]2C[C@H](C)CC[C@H]2C(C)C)[C@H](c2ccc([N+](=O)[O-])cc2)n2nnnc2N1. The maximum absolute atomic E-state index is 13.5. The van der Waals surface area contributed by atoms with E-state index in [0.29, 0.717) is 40.5 Å². The molecule has 4 rings (SSSR count). The second-order valence-corrected chi connectivity index (χ2v) is 9.13. The van der Waals surface area contributed by atoms with Gasteiger partial charge in [-0.25, -0.2) is 4.79 Å². The first-order chi connectivity index (χ1) is 15.3. The van der Waals surface area contributed by atoms with Gasteiger partial charge in [0.1, 0.15) is 12.1 Å². The molecule has 1 N–H and O–H groups in total. The molecule has 0 amide bonds. The highest BCUT2D eigenvalue weighted by molar-refractivity contribution is 5.92. The summed E-state index contributed by atoms with van der Waals surface area (Å²) in [5.41, 5.74) is 1.64. The second kappa shape index (κ2) is 8.68. The number of nitrogens with one attached hydrogen (secondary N) is 1. The Hall–Kier alpha value is -3.30. The number of rotatable bonds is 5. The average molecular weight is 441 g/mol. The van der Waals surface area contributed by atoms with Crippen LogP contribution >= 0.6 is 0 Å². The van der Waals surface area contributed by atoms with Crippen LogP contribution in [-0.4, -0.2) is 37.2 Å². The van der Waals surface area contributed by atoms with Gasteiger partial charge in [-0.15, -0.1) is 0 Å². The number of allylic oxidation sites excluding steroid dienone is 1. The number of hydrogen-bond donors (Lipinski definition) is 1. The van der Waals surface area contributed by atoms with Crippen LogP contribution in [0.2, 0.25) is 0 Å². The van der Waals surface area contributed by atoms with Crippen molar-refractivity contribution in [2.45, 2.75) is 59.1 Å². The number of carbonyl (C=O) groups is 1. The van der Waals surface area contributed by atoms with Crippen LogP contribution in [0.5, 0.6) is 0 Å². The predicted octanol–water partition coefficient (Wildman–Crippen LogP) is 3.87. The van der Waals surface area contributed by atoms with Crippen molar-refractivity contribution in [3.63, 3.8) is 0 Å². The normalized spacial score (nSPS) is 25.3. The van der Waals surface area contributed by atoms with Crippen molar-refractivity contribution in [2.24, 2.45) is 17.8 Å². The first kappa shape index (κ1) is 21.9. The van der Waals surface area contributed by atoms with Crippen molar-refractivity contribution in [2.75, 3.05) is 5.32 Å². The van der Waals surface area contributed by atoms with Crippen molar-refractivity contribution in [1.82, 2.24) is 20.2 Å². The minimum Gasteiger partial charge on any atom is -0.459 e. The summed E-state index contributed by atoms with van der Waals surface area (Å²) >= 11 is 0. The standard InChI is InChI=1S/C22H28N6O4/c1-12(2)17-10-5-13(3)11-18(17)32-21(29)19-14(4)23-22-24-25-26-27(22)20(19)15-6-8-16(9-7-15)28(30)31/h6-9,12-13,17-18,20H,5,10-11H2,1-4H3,(H,23,24,26)/t13-,17+,18-,20+/m1/s1. The molecule has 10 nitrogen and oxygen atoms in total. The maximum Gasteiger partial charge on any atom is 0.338 e. The molecule has 1 aliphatic heterocycles. The molecule has 0 spiro atoms.